The Morgan fingerprint density at radius 1 is 0.857 bits per heavy atom. The lowest BCUT2D eigenvalue weighted by Gasteiger charge is -2.49. The third-order valence-corrected chi connectivity index (χ3v) is 7.44. The fourth-order valence-corrected chi connectivity index (χ4v) is 6.00. The normalized spacial score (nSPS) is 27.2. The van der Waals surface area contributed by atoms with Crippen molar-refractivity contribution in [2.75, 3.05) is 19.6 Å². The van der Waals surface area contributed by atoms with E-state index in [0.717, 1.165) is 40.6 Å². The lowest BCUT2D eigenvalue weighted by atomic mass is 9.78. The highest BCUT2D eigenvalue weighted by molar-refractivity contribution is 6.30. The van der Waals surface area contributed by atoms with Crippen molar-refractivity contribution in [3.05, 3.63) is 47.2 Å². The molecule has 0 radical (unpaired) electrons. The van der Waals surface area contributed by atoms with Gasteiger partial charge in [0.05, 0.1) is 6.54 Å². The summed E-state index contributed by atoms with van der Waals surface area (Å²) in [6.07, 6.45) is 9.86. The van der Waals surface area contributed by atoms with Crippen LogP contribution in [0.15, 0.2) is 40.8 Å². The van der Waals surface area contributed by atoms with Crippen molar-refractivity contribution in [1.82, 2.24) is 9.80 Å². The van der Waals surface area contributed by atoms with Gasteiger partial charge in [0.25, 0.3) is 0 Å². The Morgan fingerprint density at radius 2 is 1.68 bits per heavy atom. The molecular weight excluding hydrogens is 368 g/mol. The van der Waals surface area contributed by atoms with Crippen LogP contribution in [0.3, 0.4) is 0 Å². The molecule has 0 unspecified atom stereocenters. The van der Waals surface area contributed by atoms with Gasteiger partial charge in [0.2, 0.25) is 0 Å². The summed E-state index contributed by atoms with van der Waals surface area (Å²) >= 11 is 6.03. The van der Waals surface area contributed by atoms with Gasteiger partial charge in [-0.1, -0.05) is 30.9 Å². The van der Waals surface area contributed by atoms with Crippen LogP contribution in [0.2, 0.25) is 5.02 Å². The highest BCUT2D eigenvalue weighted by Crippen LogP contribution is 2.38. The molecule has 3 aliphatic rings. The molecule has 3 fully saturated rings. The molecule has 5 rings (SSSR count). The van der Waals surface area contributed by atoms with E-state index in [9.17, 15) is 0 Å². The quantitative estimate of drug-likeness (QED) is 0.646. The molecule has 1 saturated carbocycles. The van der Waals surface area contributed by atoms with Gasteiger partial charge >= 0.3 is 0 Å². The fraction of sp³-hybridized carbons (Fsp3) is 0.583. The van der Waals surface area contributed by atoms with Crippen LogP contribution in [0.5, 0.6) is 0 Å². The van der Waals surface area contributed by atoms with E-state index in [2.05, 4.69) is 21.9 Å². The van der Waals surface area contributed by atoms with E-state index < -0.39 is 0 Å². The summed E-state index contributed by atoms with van der Waals surface area (Å²) in [5, 5.41) is 0.764. The van der Waals surface area contributed by atoms with Crippen LogP contribution in [-0.2, 0) is 6.54 Å². The molecule has 0 bridgehead atoms. The van der Waals surface area contributed by atoms with Crippen LogP contribution in [0.1, 0.15) is 50.7 Å². The number of hydrogen-bond donors (Lipinski definition) is 0. The van der Waals surface area contributed by atoms with E-state index in [-0.39, 0.29) is 0 Å². The maximum absolute atomic E-state index is 6.26. The SMILES string of the molecule is Clc1ccc(-c2ccc(CN3CCN4CCC[C@H]4[C@@H]3C3CCCCC3)o2)cc1. The Bertz CT molecular complexity index is 780. The number of nitrogens with zero attached hydrogens (tertiary/aromatic N) is 2. The Hall–Kier alpha value is -1.29. The molecule has 0 spiro atoms. The minimum atomic E-state index is 0.709. The molecule has 2 atom stereocenters. The van der Waals surface area contributed by atoms with Crippen molar-refractivity contribution in [3.8, 4) is 11.3 Å². The number of rotatable bonds is 4. The first kappa shape index (κ1) is 18.7. The molecule has 3 nitrogen and oxygen atoms in total. The number of hydrogen-bond acceptors (Lipinski definition) is 3. The zero-order valence-corrected chi connectivity index (χ0v) is 17.4. The topological polar surface area (TPSA) is 19.6 Å². The standard InChI is InChI=1S/C24H31ClN2O/c25-20-10-8-18(9-11-20)23-13-12-21(28-23)17-27-16-15-26-14-4-7-22(26)24(27)19-5-2-1-3-6-19/h8-13,19,22,24H,1-7,14-17H2/t22-,24-/m0/s1. The molecule has 1 aromatic carbocycles. The van der Waals surface area contributed by atoms with Gasteiger partial charge in [-0.2, -0.15) is 0 Å². The molecule has 1 aromatic heterocycles. The zero-order valence-electron chi connectivity index (χ0n) is 16.7. The fourth-order valence-electron chi connectivity index (χ4n) is 5.87. The van der Waals surface area contributed by atoms with Gasteiger partial charge in [0.1, 0.15) is 11.5 Å². The minimum absolute atomic E-state index is 0.709. The first-order chi connectivity index (χ1) is 13.8. The Balaban J connectivity index is 1.34. The van der Waals surface area contributed by atoms with Crippen LogP contribution in [0.25, 0.3) is 11.3 Å². The average molecular weight is 399 g/mol. The molecule has 1 aliphatic carbocycles. The van der Waals surface area contributed by atoms with Crippen molar-refractivity contribution < 1.29 is 4.42 Å². The van der Waals surface area contributed by atoms with Gasteiger partial charge in [0.15, 0.2) is 0 Å². The molecule has 2 saturated heterocycles. The second-order valence-corrected chi connectivity index (χ2v) is 9.31. The van der Waals surface area contributed by atoms with E-state index in [1.807, 2.05) is 24.3 Å². The largest absolute Gasteiger partial charge is 0.460 e. The highest BCUT2D eigenvalue weighted by Gasteiger charge is 2.43. The predicted octanol–water partition coefficient (Wildman–Crippen LogP) is 5.83. The van der Waals surface area contributed by atoms with Gasteiger partial charge in [0, 0.05) is 35.8 Å². The van der Waals surface area contributed by atoms with Gasteiger partial charge in [-0.15, -0.1) is 0 Å². The third kappa shape index (κ3) is 3.77. The second-order valence-electron chi connectivity index (χ2n) is 8.88. The van der Waals surface area contributed by atoms with Gasteiger partial charge < -0.3 is 4.42 Å². The number of fused-ring (bicyclic) bond motifs is 1. The Labute approximate surface area is 173 Å². The Morgan fingerprint density at radius 3 is 2.50 bits per heavy atom. The van der Waals surface area contributed by atoms with E-state index >= 15 is 0 Å². The molecule has 2 aliphatic heterocycles. The average Bonchev–Trinajstić information content (AvgIpc) is 3.39. The second kappa shape index (κ2) is 8.22. The van der Waals surface area contributed by atoms with E-state index in [1.54, 1.807) is 0 Å². The summed E-state index contributed by atoms with van der Waals surface area (Å²) in [5.41, 5.74) is 1.10. The zero-order chi connectivity index (χ0) is 18.9. The van der Waals surface area contributed by atoms with Crippen molar-refractivity contribution >= 4 is 11.6 Å². The van der Waals surface area contributed by atoms with Crippen molar-refractivity contribution in [3.63, 3.8) is 0 Å². The third-order valence-electron chi connectivity index (χ3n) is 7.19. The maximum atomic E-state index is 6.26. The minimum Gasteiger partial charge on any atom is -0.460 e. The first-order valence-corrected chi connectivity index (χ1v) is 11.5. The van der Waals surface area contributed by atoms with Gasteiger partial charge in [-0.3, -0.25) is 9.80 Å². The molecule has 150 valence electrons. The number of halogens is 1. The molecule has 0 amide bonds. The molecular formula is C24H31ClN2O. The van der Waals surface area contributed by atoms with Gasteiger partial charge in [-0.25, -0.2) is 0 Å². The molecule has 28 heavy (non-hydrogen) atoms. The predicted molar refractivity (Wildman–Crippen MR) is 115 cm³/mol. The van der Waals surface area contributed by atoms with Crippen molar-refractivity contribution in [2.45, 2.75) is 63.6 Å². The van der Waals surface area contributed by atoms with E-state index in [1.165, 1.54) is 64.6 Å². The lowest BCUT2D eigenvalue weighted by Crippen LogP contribution is -2.59. The van der Waals surface area contributed by atoms with Crippen LogP contribution < -0.4 is 0 Å². The van der Waals surface area contributed by atoms with Crippen molar-refractivity contribution in [2.24, 2.45) is 5.92 Å². The van der Waals surface area contributed by atoms with E-state index in [0.29, 0.717) is 6.04 Å². The van der Waals surface area contributed by atoms with Crippen LogP contribution in [0.4, 0.5) is 0 Å². The number of furan rings is 1. The van der Waals surface area contributed by atoms with Crippen LogP contribution >= 0.6 is 11.6 Å². The maximum Gasteiger partial charge on any atom is 0.134 e. The van der Waals surface area contributed by atoms with Crippen molar-refractivity contribution in [1.29, 1.82) is 0 Å². The Kier molecular flexibility index (Phi) is 5.49. The summed E-state index contributed by atoms with van der Waals surface area (Å²) in [6.45, 7) is 4.65. The highest BCUT2D eigenvalue weighted by atomic mass is 35.5. The lowest BCUT2D eigenvalue weighted by molar-refractivity contribution is -0.00696. The van der Waals surface area contributed by atoms with Gasteiger partial charge in [-0.05, 0) is 74.5 Å². The molecule has 2 aromatic rings. The number of piperazine rings is 1. The summed E-state index contributed by atoms with van der Waals surface area (Å²) in [4.78, 5) is 5.53. The van der Waals surface area contributed by atoms with Crippen LogP contribution in [-0.4, -0.2) is 41.5 Å². The summed E-state index contributed by atoms with van der Waals surface area (Å²) in [6, 6.07) is 13.7. The summed E-state index contributed by atoms with van der Waals surface area (Å²) in [7, 11) is 0. The smallest absolute Gasteiger partial charge is 0.134 e. The summed E-state index contributed by atoms with van der Waals surface area (Å²) in [5.74, 6) is 2.91. The van der Waals surface area contributed by atoms with Crippen LogP contribution in [0, 0.1) is 5.92 Å². The summed E-state index contributed by atoms with van der Waals surface area (Å²) < 4.78 is 6.26. The number of benzene rings is 1. The molecule has 0 N–H and O–H groups in total. The first-order valence-electron chi connectivity index (χ1n) is 11.1. The van der Waals surface area contributed by atoms with E-state index in [4.69, 9.17) is 16.0 Å². The molecule has 3 heterocycles. The molecule has 4 heteroatoms. The monoisotopic (exact) mass is 398 g/mol.